The third kappa shape index (κ3) is 3.80. The van der Waals surface area contributed by atoms with Crippen molar-refractivity contribution in [3.63, 3.8) is 0 Å². The molecule has 0 saturated carbocycles. The molecule has 4 nitrogen and oxygen atoms in total. The molecule has 4 heteroatoms. The summed E-state index contributed by atoms with van der Waals surface area (Å²) in [7, 11) is 2.14. The monoisotopic (exact) mass is 213 g/mol. The van der Waals surface area contributed by atoms with Gasteiger partial charge in [-0.3, -0.25) is 4.79 Å². The molecule has 0 spiro atoms. The van der Waals surface area contributed by atoms with E-state index < -0.39 is 6.04 Å². The van der Waals surface area contributed by atoms with Gasteiger partial charge in [0.1, 0.15) is 0 Å². The fraction of sp³-hybridized carbons (Fsp3) is 0.909. The van der Waals surface area contributed by atoms with E-state index in [-0.39, 0.29) is 11.3 Å². The number of hydrogen-bond acceptors (Lipinski definition) is 3. The van der Waals surface area contributed by atoms with E-state index in [4.69, 9.17) is 5.73 Å². The quantitative estimate of drug-likeness (QED) is 0.703. The summed E-state index contributed by atoms with van der Waals surface area (Å²) >= 11 is 0. The number of carbonyl (C=O) groups excluding carboxylic acids is 1. The number of nitrogens with zero attached hydrogens (tertiary/aromatic N) is 1. The Kier molecular flexibility index (Phi) is 4.11. The van der Waals surface area contributed by atoms with Crippen molar-refractivity contribution >= 4 is 5.91 Å². The van der Waals surface area contributed by atoms with Crippen LogP contribution in [0.1, 0.15) is 26.7 Å². The molecule has 0 aromatic heterocycles. The molecular weight excluding hydrogens is 190 g/mol. The van der Waals surface area contributed by atoms with Gasteiger partial charge in [0.05, 0.1) is 6.04 Å². The summed E-state index contributed by atoms with van der Waals surface area (Å²) < 4.78 is 0. The van der Waals surface area contributed by atoms with Crippen LogP contribution in [-0.2, 0) is 4.79 Å². The first-order chi connectivity index (χ1) is 6.93. The van der Waals surface area contributed by atoms with E-state index in [0.29, 0.717) is 0 Å². The number of amides is 1. The lowest BCUT2D eigenvalue weighted by Crippen LogP contribution is -2.46. The summed E-state index contributed by atoms with van der Waals surface area (Å²) in [6.07, 6.45) is 2.28. The maximum atomic E-state index is 11.3. The summed E-state index contributed by atoms with van der Waals surface area (Å²) in [5.74, 6) is -0.0462. The minimum absolute atomic E-state index is 0.0462. The molecule has 1 amide bonds. The zero-order valence-electron chi connectivity index (χ0n) is 10.0. The van der Waals surface area contributed by atoms with Gasteiger partial charge in [-0.05, 0) is 45.3 Å². The van der Waals surface area contributed by atoms with Gasteiger partial charge in [0, 0.05) is 6.54 Å². The van der Waals surface area contributed by atoms with Crippen LogP contribution in [0.25, 0.3) is 0 Å². The molecule has 0 aliphatic carbocycles. The van der Waals surface area contributed by atoms with Crippen molar-refractivity contribution in [2.24, 2.45) is 11.1 Å². The maximum absolute atomic E-state index is 11.3. The normalized spacial score (nSPS) is 23.5. The lowest BCUT2D eigenvalue weighted by Gasteiger charge is -2.38. The molecule has 3 N–H and O–H groups in total. The molecule has 88 valence electrons. The van der Waals surface area contributed by atoms with E-state index in [0.717, 1.165) is 32.5 Å². The molecule has 15 heavy (non-hydrogen) atoms. The first-order valence-electron chi connectivity index (χ1n) is 5.65. The topological polar surface area (TPSA) is 58.4 Å². The number of nitrogens with one attached hydrogen (secondary N) is 1. The fourth-order valence-corrected chi connectivity index (χ4v) is 1.80. The van der Waals surface area contributed by atoms with Crippen molar-refractivity contribution < 1.29 is 4.79 Å². The van der Waals surface area contributed by atoms with Gasteiger partial charge < -0.3 is 16.0 Å². The second-order valence-electron chi connectivity index (χ2n) is 5.12. The number of likely N-dealkylation sites (tertiary alicyclic amines) is 1. The largest absolute Gasteiger partial charge is 0.354 e. The second kappa shape index (κ2) is 4.94. The van der Waals surface area contributed by atoms with E-state index in [1.54, 1.807) is 6.92 Å². The minimum atomic E-state index is -0.403. The van der Waals surface area contributed by atoms with Crippen molar-refractivity contribution in [2.75, 3.05) is 26.7 Å². The summed E-state index contributed by atoms with van der Waals surface area (Å²) in [5.41, 5.74) is 5.74. The van der Waals surface area contributed by atoms with Crippen LogP contribution in [0.4, 0.5) is 0 Å². The van der Waals surface area contributed by atoms with Crippen LogP contribution in [-0.4, -0.2) is 43.5 Å². The number of carbonyl (C=O) groups is 1. The van der Waals surface area contributed by atoms with Gasteiger partial charge in [-0.15, -0.1) is 0 Å². The molecule has 1 atom stereocenters. The van der Waals surface area contributed by atoms with Gasteiger partial charge in [0.25, 0.3) is 0 Å². The van der Waals surface area contributed by atoms with Gasteiger partial charge in [-0.2, -0.15) is 0 Å². The van der Waals surface area contributed by atoms with Crippen LogP contribution in [0.5, 0.6) is 0 Å². The molecule has 1 fully saturated rings. The Morgan fingerprint density at radius 2 is 2.07 bits per heavy atom. The Morgan fingerprint density at radius 3 is 2.53 bits per heavy atom. The Bertz CT molecular complexity index is 220. The highest BCUT2D eigenvalue weighted by Gasteiger charge is 2.29. The molecule has 0 aromatic rings. The van der Waals surface area contributed by atoms with Crippen LogP contribution in [0.15, 0.2) is 0 Å². The smallest absolute Gasteiger partial charge is 0.236 e. The van der Waals surface area contributed by atoms with Gasteiger partial charge in [-0.1, -0.05) is 6.92 Å². The summed E-state index contributed by atoms with van der Waals surface area (Å²) in [6.45, 7) is 6.93. The Labute approximate surface area is 92.2 Å². The van der Waals surface area contributed by atoms with Crippen LogP contribution in [0.2, 0.25) is 0 Å². The Morgan fingerprint density at radius 1 is 1.53 bits per heavy atom. The number of hydrogen-bond donors (Lipinski definition) is 2. The van der Waals surface area contributed by atoms with Gasteiger partial charge in [-0.25, -0.2) is 0 Å². The summed E-state index contributed by atoms with van der Waals surface area (Å²) in [6, 6.07) is -0.403. The SMILES string of the molecule is C[C@H](N)C(=O)NCC1(C)CCN(C)CC1. The highest BCUT2D eigenvalue weighted by Crippen LogP contribution is 2.29. The van der Waals surface area contributed by atoms with Gasteiger partial charge in [0.15, 0.2) is 0 Å². The number of nitrogens with two attached hydrogens (primary N) is 1. The van der Waals surface area contributed by atoms with Crippen molar-refractivity contribution in [1.82, 2.24) is 10.2 Å². The fourth-order valence-electron chi connectivity index (χ4n) is 1.80. The molecule has 0 radical (unpaired) electrons. The summed E-state index contributed by atoms with van der Waals surface area (Å²) in [4.78, 5) is 13.7. The molecule has 1 heterocycles. The molecule has 1 aliphatic heterocycles. The van der Waals surface area contributed by atoms with Crippen molar-refractivity contribution in [3.05, 3.63) is 0 Å². The lowest BCUT2D eigenvalue weighted by atomic mass is 9.80. The number of piperidine rings is 1. The molecule has 0 aromatic carbocycles. The van der Waals surface area contributed by atoms with Crippen LogP contribution in [0, 0.1) is 5.41 Å². The number of rotatable bonds is 3. The van der Waals surface area contributed by atoms with Crippen LogP contribution >= 0.6 is 0 Å². The predicted octanol–water partition coefficient (Wildman–Crippen LogP) is 0.182. The Balaban J connectivity index is 2.34. The zero-order valence-corrected chi connectivity index (χ0v) is 10.0. The van der Waals surface area contributed by atoms with E-state index in [1.807, 2.05) is 0 Å². The highest BCUT2D eigenvalue weighted by atomic mass is 16.2. The summed E-state index contributed by atoms with van der Waals surface area (Å²) in [5, 5.41) is 2.92. The average Bonchev–Trinajstić information content (AvgIpc) is 2.19. The van der Waals surface area contributed by atoms with E-state index in [9.17, 15) is 4.79 Å². The van der Waals surface area contributed by atoms with E-state index in [1.165, 1.54) is 0 Å². The van der Waals surface area contributed by atoms with E-state index >= 15 is 0 Å². The van der Waals surface area contributed by atoms with Crippen LogP contribution < -0.4 is 11.1 Å². The Hall–Kier alpha value is -0.610. The highest BCUT2D eigenvalue weighted by molar-refractivity contribution is 5.80. The molecule has 0 unspecified atom stereocenters. The van der Waals surface area contributed by atoms with E-state index in [2.05, 4.69) is 24.2 Å². The van der Waals surface area contributed by atoms with Crippen molar-refractivity contribution in [3.8, 4) is 0 Å². The second-order valence-corrected chi connectivity index (χ2v) is 5.12. The van der Waals surface area contributed by atoms with Crippen molar-refractivity contribution in [1.29, 1.82) is 0 Å². The first kappa shape index (κ1) is 12.5. The maximum Gasteiger partial charge on any atom is 0.236 e. The van der Waals surface area contributed by atoms with Crippen LogP contribution in [0.3, 0.4) is 0 Å². The zero-order chi connectivity index (χ0) is 11.5. The predicted molar refractivity (Wildman–Crippen MR) is 61.5 cm³/mol. The van der Waals surface area contributed by atoms with Crippen molar-refractivity contribution in [2.45, 2.75) is 32.7 Å². The lowest BCUT2D eigenvalue weighted by molar-refractivity contribution is -0.122. The molecule has 1 aliphatic rings. The van der Waals surface area contributed by atoms with Gasteiger partial charge in [0.2, 0.25) is 5.91 Å². The molecule has 0 bridgehead atoms. The molecular formula is C11H23N3O. The first-order valence-corrected chi connectivity index (χ1v) is 5.65. The van der Waals surface area contributed by atoms with Gasteiger partial charge >= 0.3 is 0 Å². The minimum Gasteiger partial charge on any atom is -0.354 e. The molecule has 1 rings (SSSR count). The molecule has 1 saturated heterocycles. The third-order valence-electron chi connectivity index (χ3n) is 3.30. The third-order valence-corrected chi connectivity index (χ3v) is 3.30. The average molecular weight is 213 g/mol. The standard InChI is InChI=1S/C11H23N3O/c1-9(12)10(15)13-8-11(2)4-6-14(3)7-5-11/h9H,4-8,12H2,1-3H3,(H,13,15)/t9-/m0/s1.